The Bertz CT molecular complexity index is 1190. The molecule has 0 spiro atoms. The fraction of sp³-hybridized carbons (Fsp3) is 0.280. The van der Waals surface area contributed by atoms with Crippen molar-refractivity contribution in [2.75, 3.05) is 27.9 Å². The number of furan rings is 1. The van der Waals surface area contributed by atoms with Crippen molar-refractivity contribution in [1.29, 1.82) is 0 Å². The summed E-state index contributed by atoms with van der Waals surface area (Å²) in [6, 6.07) is 9.22. The second-order valence-corrected chi connectivity index (χ2v) is 7.38. The predicted molar refractivity (Wildman–Crippen MR) is 125 cm³/mol. The van der Waals surface area contributed by atoms with Crippen LogP contribution in [0.5, 0.6) is 17.2 Å². The van der Waals surface area contributed by atoms with Gasteiger partial charge in [0.25, 0.3) is 0 Å². The Morgan fingerprint density at radius 2 is 1.79 bits per heavy atom. The number of hydrogen-bond donors (Lipinski definition) is 2. The maximum absolute atomic E-state index is 12.3. The van der Waals surface area contributed by atoms with Crippen molar-refractivity contribution in [2.45, 2.75) is 19.8 Å². The maximum atomic E-state index is 12.3. The van der Waals surface area contributed by atoms with Crippen LogP contribution in [0, 0.1) is 0 Å². The molecule has 33 heavy (non-hydrogen) atoms. The van der Waals surface area contributed by atoms with Crippen LogP contribution < -0.4 is 19.5 Å². The topological polar surface area (TPSA) is 107 Å². The van der Waals surface area contributed by atoms with Crippen molar-refractivity contribution in [2.24, 2.45) is 0 Å². The quantitative estimate of drug-likeness (QED) is 0.343. The lowest BCUT2D eigenvalue weighted by molar-refractivity contribution is -0.137. The van der Waals surface area contributed by atoms with Crippen LogP contribution in [0.4, 0.5) is 0 Å². The number of amides is 1. The van der Waals surface area contributed by atoms with E-state index in [-0.39, 0.29) is 18.9 Å². The first kappa shape index (κ1) is 23.7. The summed E-state index contributed by atoms with van der Waals surface area (Å²) in [4.78, 5) is 22.9. The van der Waals surface area contributed by atoms with Crippen molar-refractivity contribution in [3.8, 4) is 28.4 Å². The van der Waals surface area contributed by atoms with Crippen LogP contribution >= 0.6 is 0 Å². The Hall–Kier alpha value is -3.94. The molecule has 0 saturated carbocycles. The minimum Gasteiger partial charge on any atom is -0.497 e. The first-order chi connectivity index (χ1) is 15.9. The van der Waals surface area contributed by atoms with Crippen molar-refractivity contribution >= 4 is 28.4 Å². The number of methoxy groups -OCH3 is 3. The predicted octanol–water partition coefficient (Wildman–Crippen LogP) is 4.51. The van der Waals surface area contributed by atoms with Crippen LogP contribution in [-0.4, -0.2) is 44.9 Å². The molecule has 0 aliphatic heterocycles. The third-order valence-corrected chi connectivity index (χ3v) is 5.23. The summed E-state index contributed by atoms with van der Waals surface area (Å²) in [5, 5.41) is 12.2. The van der Waals surface area contributed by atoms with E-state index in [9.17, 15) is 9.59 Å². The SMILES string of the molecule is COc1ccc(OC)c(-c2coc3cc(OC)c(/C(C)=C/C(=O)NCCCC(=O)O)cc23)c1. The number of carboxylic acid groups (broad SMARTS) is 1. The zero-order valence-corrected chi connectivity index (χ0v) is 19.1. The maximum Gasteiger partial charge on any atom is 0.303 e. The largest absolute Gasteiger partial charge is 0.497 e. The van der Waals surface area contributed by atoms with Gasteiger partial charge in [0, 0.05) is 47.2 Å². The molecular formula is C25H27NO7. The molecule has 2 N–H and O–H groups in total. The molecule has 1 heterocycles. The van der Waals surface area contributed by atoms with E-state index < -0.39 is 5.97 Å². The van der Waals surface area contributed by atoms with Gasteiger partial charge >= 0.3 is 5.97 Å². The second-order valence-electron chi connectivity index (χ2n) is 7.38. The van der Waals surface area contributed by atoms with Gasteiger partial charge in [0.2, 0.25) is 5.91 Å². The van der Waals surface area contributed by atoms with Gasteiger partial charge in [-0.2, -0.15) is 0 Å². The number of aliphatic carboxylic acids is 1. The van der Waals surface area contributed by atoms with Gasteiger partial charge in [0.1, 0.15) is 22.8 Å². The number of rotatable bonds is 10. The van der Waals surface area contributed by atoms with E-state index in [1.165, 1.54) is 6.08 Å². The number of carboxylic acids is 1. The molecule has 3 rings (SSSR count). The molecule has 0 atom stereocenters. The van der Waals surface area contributed by atoms with Gasteiger partial charge in [-0.25, -0.2) is 0 Å². The van der Waals surface area contributed by atoms with E-state index in [0.717, 1.165) is 22.1 Å². The van der Waals surface area contributed by atoms with E-state index in [4.69, 9.17) is 23.7 Å². The summed E-state index contributed by atoms with van der Waals surface area (Å²) >= 11 is 0. The normalized spacial score (nSPS) is 11.3. The van der Waals surface area contributed by atoms with Crippen molar-refractivity contribution in [1.82, 2.24) is 5.32 Å². The number of carbonyl (C=O) groups is 2. The van der Waals surface area contributed by atoms with Crippen LogP contribution in [0.3, 0.4) is 0 Å². The van der Waals surface area contributed by atoms with Crippen LogP contribution in [-0.2, 0) is 9.59 Å². The third kappa shape index (κ3) is 5.46. The van der Waals surface area contributed by atoms with Gasteiger partial charge in [-0.1, -0.05) is 0 Å². The van der Waals surface area contributed by atoms with Crippen LogP contribution in [0.15, 0.2) is 47.1 Å². The van der Waals surface area contributed by atoms with Crippen molar-refractivity contribution in [3.63, 3.8) is 0 Å². The molecule has 0 unspecified atom stereocenters. The van der Waals surface area contributed by atoms with E-state index >= 15 is 0 Å². The molecule has 0 aliphatic rings. The van der Waals surface area contributed by atoms with E-state index in [1.54, 1.807) is 33.7 Å². The van der Waals surface area contributed by atoms with E-state index in [0.29, 0.717) is 34.8 Å². The molecule has 1 amide bonds. The van der Waals surface area contributed by atoms with Crippen LogP contribution in [0.2, 0.25) is 0 Å². The van der Waals surface area contributed by atoms with E-state index in [1.807, 2.05) is 31.2 Å². The summed E-state index contributed by atoms with van der Waals surface area (Å²) in [6.45, 7) is 2.10. The average Bonchev–Trinajstić information content (AvgIpc) is 3.23. The van der Waals surface area contributed by atoms with Gasteiger partial charge in [0.15, 0.2) is 0 Å². The molecule has 0 radical (unpaired) electrons. The molecule has 3 aromatic rings. The monoisotopic (exact) mass is 453 g/mol. The minimum absolute atomic E-state index is 0.00443. The number of hydrogen-bond acceptors (Lipinski definition) is 6. The first-order valence-corrected chi connectivity index (χ1v) is 10.4. The number of carbonyl (C=O) groups excluding carboxylic acids is 1. The van der Waals surface area contributed by atoms with Gasteiger partial charge in [0.05, 0.1) is 27.6 Å². The molecule has 0 fully saturated rings. The highest BCUT2D eigenvalue weighted by atomic mass is 16.5. The standard InChI is InChI=1S/C25H27NO7/c1-15(10-24(27)26-9-5-6-25(28)29)17-12-19-20(14-33-23(19)13-22(17)32-4)18-11-16(30-2)7-8-21(18)31-3/h7-8,10-14H,5-6,9H2,1-4H3,(H,26,27)(H,28,29)/b15-10+. The molecule has 8 nitrogen and oxygen atoms in total. The highest BCUT2D eigenvalue weighted by Gasteiger charge is 2.18. The zero-order valence-electron chi connectivity index (χ0n) is 19.1. The Kier molecular flexibility index (Phi) is 7.61. The second kappa shape index (κ2) is 10.6. The molecule has 0 aliphatic carbocycles. The summed E-state index contributed by atoms with van der Waals surface area (Å²) in [5.41, 5.74) is 3.67. The number of fused-ring (bicyclic) bond motifs is 1. The van der Waals surface area contributed by atoms with Gasteiger partial charge in [-0.15, -0.1) is 0 Å². The Morgan fingerprint density at radius 1 is 1.03 bits per heavy atom. The number of benzene rings is 2. The van der Waals surface area contributed by atoms with Gasteiger partial charge in [-0.3, -0.25) is 9.59 Å². The number of nitrogens with one attached hydrogen (secondary N) is 1. The minimum atomic E-state index is -0.891. The first-order valence-electron chi connectivity index (χ1n) is 10.4. The summed E-state index contributed by atoms with van der Waals surface area (Å²) in [6.07, 6.45) is 3.49. The average molecular weight is 453 g/mol. The molecule has 0 bridgehead atoms. The number of allylic oxidation sites excluding steroid dienone is 1. The summed E-state index contributed by atoms with van der Waals surface area (Å²) < 4.78 is 22.2. The zero-order chi connectivity index (χ0) is 24.0. The fourth-order valence-electron chi connectivity index (χ4n) is 3.54. The molecule has 1 aromatic heterocycles. The van der Waals surface area contributed by atoms with E-state index in [2.05, 4.69) is 5.32 Å². The molecule has 0 saturated heterocycles. The Labute approximate surface area is 191 Å². The van der Waals surface area contributed by atoms with Crippen molar-refractivity contribution in [3.05, 3.63) is 48.2 Å². The molecule has 174 valence electrons. The summed E-state index contributed by atoms with van der Waals surface area (Å²) in [7, 11) is 4.76. The van der Waals surface area contributed by atoms with Gasteiger partial charge in [-0.05, 0) is 43.2 Å². The lowest BCUT2D eigenvalue weighted by Crippen LogP contribution is -2.23. The van der Waals surface area contributed by atoms with Crippen LogP contribution in [0.25, 0.3) is 27.7 Å². The third-order valence-electron chi connectivity index (χ3n) is 5.23. The smallest absolute Gasteiger partial charge is 0.303 e. The Balaban J connectivity index is 1.98. The molecular weight excluding hydrogens is 426 g/mol. The lowest BCUT2D eigenvalue weighted by Gasteiger charge is -2.12. The van der Waals surface area contributed by atoms with Gasteiger partial charge < -0.3 is 29.1 Å². The number of ether oxygens (including phenoxy) is 3. The summed E-state index contributed by atoms with van der Waals surface area (Å²) in [5.74, 6) is 0.723. The Morgan fingerprint density at radius 3 is 2.45 bits per heavy atom. The highest BCUT2D eigenvalue weighted by Crippen LogP contribution is 2.41. The molecule has 2 aromatic carbocycles. The molecule has 8 heteroatoms. The highest BCUT2D eigenvalue weighted by molar-refractivity contribution is 6.01. The lowest BCUT2D eigenvalue weighted by atomic mass is 9.98. The van der Waals surface area contributed by atoms with Crippen LogP contribution in [0.1, 0.15) is 25.3 Å². The fourth-order valence-corrected chi connectivity index (χ4v) is 3.54. The van der Waals surface area contributed by atoms with Crippen molar-refractivity contribution < 1.29 is 33.3 Å².